The number of ether oxygens (including phenoxy) is 2. The van der Waals surface area contributed by atoms with Crippen LogP contribution in [0.15, 0.2) is 62.9 Å². The number of amidine groups is 1. The van der Waals surface area contributed by atoms with E-state index in [9.17, 15) is 9.59 Å². The van der Waals surface area contributed by atoms with Crippen molar-refractivity contribution in [3.8, 4) is 11.5 Å². The van der Waals surface area contributed by atoms with E-state index in [2.05, 4.69) is 15.9 Å². The molecule has 7 nitrogen and oxygen atoms in total. The number of halogens is 3. The van der Waals surface area contributed by atoms with Crippen molar-refractivity contribution in [3.63, 3.8) is 0 Å². The number of hydrogen-bond acceptors (Lipinski definition) is 6. The maximum Gasteiger partial charge on any atom is 0.341 e. The molecule has 1 fully saturated rings. The second-order valence-electron chi connectivity index (χ2n) is 8.46. The standard InChI is InChI=1S/C28H23BrCl2N2O5S/c1-4-37-23-10-17(9-20(29)26(23)38-14-25(34)35)11-24-27(36)33(19-8-6-16(3)22(31)13-19)28(39-24)32-18-7-5-15(2)21(30)12-18/h5-13H,4,14H2,1-3H3,(H,34,35)/b24-11+,32-28?. The molecule has 0 unspecified atom stereocenters. The summed E-state index contributed by atoms with van der Waals surface area (Å²) in [7, 11) is 0. The maximum absolute atomic E-state index is 13.7. The first-order valence-electron chi connectivity index (χ1n) is 11.7. The highest BCUT2D eigenvalue weighted by atomic mass is 79.9. The third kappa shape index (κ3) is 6.78. The van der Waals surface area contributed by atoms with E-state index in [1.54, 1.807) is 37.3 Å². The molecule has 1 aliphatic rings. The predicted octanol–water partition coefficient (Wildman–Crippen LogP) is 8.04. The van der Waals surface area contributed by atoms with Crippen LogP contribution in [-0.4, -0.2) is 35.4 Å². The zero-order valence-electron chi connectivity index (χ0n) is 21.1. The second-order valence-corrected chi connectivity index (χ2v) is 11.1. The monoisotopic (exact) mass is 648 g/mol. The summed E-state index contributed by atoms with van der Waals surface area (Å²) in [6.07, 6.45) is 1.72. The fourth-order valence-electron chi connectivity index (χ4n) is 3.62. The molecule has 39 heavy (non-hydrogen) atoms. The first-order valence-corrected chi connectivity index (χ1v) is 14.1. The number of hydrogen-bond donors (Lipinski definition) is 1. The Bertz CT molecular complexity index is 1530. The van der Waals surface area contributed by atoms with Crippen molar-refractivity contribution in [3.05, 3.63) is 84.6 Å². The lowest BCUT2D eigenvalue weighted by atomic mass is 10.1. The van der Waals surface area contributed by atoms with Gasteiger partial charge in [0.25, 0.3) is 5.91 Å². The second kappa shape index (κ2) is 12.5. The molecule has 4 rings (SSSR count). The van der Waals surface area contributed by atoms with Crippen molar-refractivity contribution in [2.24, 2.45) is 4.99 Å². The topological polar surface area (TPSA) is 88.4 Å². The average Bonchev–Trinajstić information content (AvgIpc) is 3.17. The minimum atomic E-state index is -1.11. The Morgan fingerprint density at radius 2 is 1.77 bits per heavy atom. The molecule has 0 atom stereocenters. The number of carbonyl (C=O) groups excluding carboxylic acids is 1. The minimum absolute atomic E-state index is 0.265. The van der Waals surface area contributed by atoms with E-state index in [4.69, 9.17) is 42.8 Å². The fourth-order valence-corrected chi connectivity index (χ4v) is 5.54. The van der Waals surface area contributed by atoms with Gasteiger partial charge in [-0.15, -0.1) is 0 Å². The van der Waals surface area contributed by atoms with Gasteiger partial charge in [0.2, 0.25) is 0 Å². The third-order valence-electron chi connectivity index (χ3n) is 5.57. The maximum atomic E-state index is 13.7. The van der Waals surface area contributed by atoms with Crippen molar-refractivity contribution in [2.45, 2.75) is 20.8 Å². The number of aryl methyl sites for hydroxylation is 2. The van der Waals surface area contributed by atoms with Gasteiger partial charge in [0.1, 0.15) is 0 Å². The van der Waals surface area contributed by atoms with Crippen LogP contribution in [0.3, 0.4) is 0 Å². The van der Waals surface area contributed by atoms with E-state index in [-0.39, 0.29) is 11.7 Å². The minimum Gasteiger partial charge on any atom is -0.490 e. The van der Waals surface area contributed by atoms with Gasteiger partial charge in [0.15, 0.2) is 23.3 Å². The zero-order chi connectivity index (χ0) is 28.3. The van der Waals surface area contributed by atoms with Gasteiger partial charge in [-0.3, -0.25) is 9.69 Å². The number of aliphatic imine (C=N–C) groups is 1. The van der Waals surface area contributed by atoms with E-state index < -0.39 is 12.6 Å². The normalized spacial score (nSPS) is 15.3. The molecular weight excluding hydrogens is 627 g/mol. The molecule has 3 aromatic rings. The third-order valence-corrected chi connectivity index (χ3v) is 7.94. The first kappa shape index (κ1) is 29.0. The predicted molar refractivity (Wildman–Crippen MR) is 161 cm³/mol. The molecule has 1 amide bonds. The molecule has 3 aromatic carbocycles. The molecule has 0 aromatic heterocycles. The summed E-state index contributed by atoms with van der Waals surface area (Å²) in [5.74, 6) is -0.777. The number of benzene rings is 3. The summed E-state index contributed by atoms with van der Waals surface area (Å²) in [5.41, 5.74) is 3.64. The summed E-state index contributed by atoms with van der Waals surface area (Å²) in [6.45, 7) is 5.41. The molecule has 202 valence electrons. The molecule has 1 heterocycles. The van der Waals surface area contributed by atoms with Gasteiger partial charge in [-0.1, -0.05) is 35.3 Å². The smallest absolute Gasteiger partial charge is 0.341 e. The van der Waals surface area contributed by atoms with Crippen molar-refractivity contribution in [1.29, 1.82) is 0 Å². The van der Waals surface area contributed by atoms with Gasteiger partial charge in [0, 0.05) is 10.0 Å². The van der Waals surface area contributed by atoms with E-state index in [0.717, 1.165) is 11.1 Å². The molecule has 0 aliphatic carbocycles. The van der Waals surface area contributed by atoms with Crippen LogP contribution in [0.2, 0.25) is 10.0 Å². The number of nitrogens with zero attached hydrogens (tertiary/aromatic N) is 2. The quantitative estimate of drug-likeness (QED) is 0.249. The number of carboxylic acid groups (broad SMARTS) is 1. The Kier molecular flexibility index (Phi) is 9.27. The number of rotatable bonds is 8. The van der Waals surface area contributed by atoms with Crippen LogP contribution in [0.1, 0.15) is 23.6 Å². The lowest BCUT2D eigenvalue weighted by Gasteiger charge is -2.17. The Morgan fingerprint density at radius 1 is 1.08 bits per heavy atom. The first-order chi connectivity index (χ1) is 18.6. The van der Waals surface area contributed by atoms with E-state index in [1.165, 1.54) is 16.7 Å². The summed E-state index contributed by atoms with van der Waals surface area (Å²) >= 11 is 17.4. The molecule has 1 aliphatic heterocycles. The lowest BCUT2D eigenvalue weighted by Crippen LogP contribution is -2.28. The lowest BCUT2D eigenvalue weighted by molar-refractivity contribution is -0.139. The molecular formula is C28H23BrCl2N2O5S. The van der Waals surface area contributed by atoms with Crippen molar-refractivity contribution < 1.29 is 24.2 Å². The van der Waals surface area contributed by atoms with Gasteiger partial charge in [-0.2, -0.15) is 0 Å². The van der Waals surface area contributed by atoms with Gasteiger partial charge in [0.05, 0.1) is 27.4 Å². The van der Waals surface area contributed by atoms with Crippen LogP contribution in [0.25, 0.3) is 6.08 Å². The molecule has 0 radical (unpaired) electrons. The van der Waals surface area contributed by atoms with Gasteiger partial charge < -0.3 is 14.6 Å². The average molecular weight is 650 g/mol. The Balaban J connectivity index is 1.78. The van der Waals surface area contributed by atoms with Crippen molar-refractivity contribution >= 4 is 85.4 Å². The molecule has 11 heteroatoms. The number of anilines is 1. The van der Waals surface area contributed by atoms with E-state index in [0.29, 0.717) is 53.9 Å². The molecule has 0 bridgehead atoms. The fraction of sp³-hybridized carbons (Fsp3) is 0.179. The zero-order valence-corrected chi connectivity index (χ0v) is 25.0. The number of aliphatic carboxylic acids is 1. The van der Waals surface area contributed by atoms with E-state index in [1.807, 2.05) is 38.1 Å². The highest BCUT2D eigenvalue weighted by molar-refractivity contribution is 9.10. The van der Waals surface area contributed by atoms with Crippen molar-refractivity contribution in [1.82, 2.24) is 0 Å². The number of thioether (sulfide) groups is 1. The Hall–Kier alpha value is -2.98. The van der Waals surface area contributed by atoms with Gasteiger partial charge in [-0.05, 0) is 108 Å². The molecule has 0 saturated carbocycles. The number of amides is 1. The molecule has 1 N–H and O–H groups in total. The highest BCUT2D eigenvalue weighted by Gasteiger charge is 2.35. The summed E-state index contributed by atoms with van der Waals surface area (Å²) in [6, 6.07) is 14.3. The largest absolute Gasteiger partial charge is 0.490 e. The highest BCUT2D eigenvalue weighted by Crippen LogP contribution is 2.41. The Morgan fingerprint density at radius 3 is 2.41 bits per heavy atom. The van der Waals surface area contributed by atoms with Crippen LogP contribution < -0.4 is 14.4 Å². The molecule has 0 spiro atoms. The van der Waals surface area contributed by atoms with Crippen LogP contribution in [0.5, 0.6) is 11.5 Å². The summed E-state index contributed by atoms with van der Waals surface area (Å²) < 4.78 is 11.6. The summed E-state index contributed by atoms with van der Waals surface area (Å²) in [4.78, 5) is 31.4. The van der Waals surface area contributed by atoms with Crippen LogP contribution in [0.4, 0.5) is 11.4 Å². The number of carboxylic acids is 1. The summed E-state index contributed by atoms with van der Waals surface area (Å²) in [5, 5.41) is 10.6. The van der Waals surface area contributed by atoms with Crippen LogP contribution in [-0.2, 0) is 9.59 Å². The van der Waals surface area contributed by atoms with Crippen LogP contribution >= 0.6 is 50.9 Å². The molecule has 1 saturated heterocycles. The van der Waals surface area contributed by atoms with Gasteiger partial charge >= 0.3 is 5.97 Å². The van der Waals surface area contributed by atoms with E-state index >= 15 is 0 Å². The SMILES string of the molecule is CCOc1cc(/C=C2/SC(=Nc3ccc(C)c(Cl)c3)N(c3ccc(C)c(Cl)c3)C2=O)cc(Br)c1OCC(=O)O. The van der Waals surface area contributed by atoms with Crippen LogP contribution in [0, 0.1) is 13.8 Å². The van der Waals surface area contributed by atoms with Crippen molar-refractivity contribution in [2.75, 3.05) is 18.1 Å². The van der Waals surface area contributed by atoms with Gasteiger partial charge in [-0.25, -0.2) is 9.79 Å². The Labute approximate surface area is 248 Å². The number of carbonyl (C=O) groups is 2.